The number of nitrogens with zero attached hydrogens (tertiary/aromatic N) is 1. The van der Waals surface area contributed by atoms with Gasteiger partial charge in [0.2, 0.25) is 10.0 Å². The van der Waals surface area contributed by atoms with Crippen LogP contribution in [0.5, 0.6) is 5.75 Å². The molecule has 1 aliphatic rings. The Morgan fingerprint density at radius 2 is 1.82 bits per heavy atom. The molecule has 0 bridgehead atoms. The quantitative estimate of drug-likeness (QED) is 0.850. The zero-order chi connectivity index (χ0) is 20.7. The van der Waals surface area contributed by atoms with Crippen LogP contribution in [0.15, 0.2) is 42.5 Å². The van der Waals surface area contributed by atoms with Crippen molar-refractivity contribution in [2.24, 2.45) is 0 Å². The minimum absolute atomic E-state index is 0.162. The lowest BCUT2D eigenvalue weighted by atomic mass is 9.88. The van der Waals surface area contributed by atoms with Gasteiger partial charge in [-0.25, -0.2) is 8.42 Å². The van der Waals surface area contributed by atoms with Gasteiger partial charge in [-0.2, -0.15) is 0 Å². The van der Waals surface area contributed by atoms with Crippen molar-refractivity contribution in [2.75, 3.05) is 17.6 Å². The number of nitrogens with one attached hydrogen (secondary N) is 1. The molecule has 0 saturated heterocycles. The summed E-state index contributed by atoms with van der Waals surface area (Å²) in [5, 5.41) is 3.10. The first-order valence-electron chi connectivity index (χ1n) is 9.11. The maximum absolute atomic E-state index is 12.8. The Bertz CT molecular complexity index is 998. The van der Waals surface area contributed by atoms with Gasteiger partial charge in [0.25, 0.3) is 5.91 Å². The van der Waals surface area contributed by atoms with Crippen molar-refractivity contribution in [3.05, 3.63) is 59.2 Å². The number of sulfonamides is 1. The largest absolute Gasteiger partial charge is 0.487 e. The standard InChI is InChI=1S/C21H26N2O4S/c1-14-6-11-19-17(12-14)18(13-21(2,3)27-19)22-20(24)15-7-9-16(10-8-15)23(4)28(5,25)26/h6-12,18H,13H2,1-5H3,(H,22,24)/t18-/m0/s1. The Kier molecular flexibility index (Phi) is 5.14. The van der Waals surface area contributed by atoms with Crippen molar-refractivity contribution in [1.29, 1.82) is 0 Å². The molecule has 1 N–H and O–H groups in total. The van der Waals surface area contributed by atoms with Gasteiger partial charge in [-0.1, -0.05) is 17.7 Å². The van der Waals surface area contributed by atoms with E-state index in [9.17, 15) is 13.2 Å². The maximum atomic E-state index is 12.8. The Morgan fingerprint density at radius 3 is 2.43 bits per heavy atom. The number of amides is 1. The van der Waals surface area contributed by atoms with Gasteiger partial charge in [0.1, 0.15) is 11.4 Å². The van der Waals surface area contributed by atoms with Crippen LogP contribution in [0.3, 0.4) is 0 Å². The minimum atomic E-state index is -3.34. The summed E-state index contributed by atoms with van der Waals surface area (Å²) in [6.07, 6.45) is 1.80. The molecule has 0 radical (unpaired) electrons. The zero-order valence-corrected chi connectivity index (χ0v) is 17.6. The minimum Gasteiger partial charge on any atom is -0.487 e. The molecule has 2 aromatic rings. The second kappa shape index (κ2) is 7.13. The molecule has 150 valence electrons. The monoisotopic (exact) mass is 402 g/mol. The van der Waals surface area contributed by atoms with Gasteiger partial charge in [-0.05, 0) is 51.1 Å². The topological polar surface area (TPSA) is 75.7 Å². The van der Waals surface area contributed by atoms with Crippen molar-refractivity contribution in [3.8, 4) is 5.75 Å². The summed E-state index contributed by atoms with van der Waals surface area (Å²) < 4.78 is 30.5. The highest BCUT2D eigenvalue weighted by Crippen LogP contribution is 2.40. The normalized spacial score (nSPS) is 18.0. The predicted molar refractivity (Wildman–Crippen MR) is 110 cm³/mol. The first-order valence-corrected chi connectivity index (χ1v) is 11.0. The molecule has 0 unspecified atom stereocenters. The van der Waals surface area contributed by atoms with E-state index < -0.39 is 10.0 Å². The zero-order valence-electron chi connectivity index (χ0n) is 16.8. The Balaban J connectivity index is 1.82. The van der Waals surface area contributed by atoms with Crippen LogP contribution in [0, 0.1) is 6.92 Å². The van der Waals surface area contributed by atoms with E-state index in [1.54, 1.807) is 24.3 Å². The van der Waals surface area contributed by atoms with Gasteiger partial charge in [0.15, 0.2) is 0 Å². The number of benzene rings is 2. The average Bonchev–Trinajstić information content (AvgIpc) is 2.60. The lowest BCUT2D eigenvalue weighted by Crippen LogP contribution is -2.41. The fourth-order valence-electron chi connectivity index (χ4n) is 3.36. The van der Waals surface area contributed by atoms with Crippen LogP contribution in [0.2, 0.25) is 0 Å². The van der Waals surface area contributed by atoms with Crippen LogP contribution in [-0.2, 0) is 10.0 Å². The van der Waals surface area contributed by atoms with Gasteiger partial charge in [-0.3, -0.25) is 9.10 Å². The molecule has 0 saturated carbocycles. The lowest BCUT2D eigenvalue weighted by molar-refractivity contribution is 0.0619. The Morgan fingerprint density at radius 1 is 1.18 bits per heavy atom. The van der Waals surface area contributed by atoms with E-state index in [0.717, 1.165) is 23.1 Å². The highest BCUT2D eigenvalue weighted by molar-refractivity contribution is 7.92. The van der Waals surface area contributed by atoms with E-state index in [1.165, 1.54) is 11.4 Å². The second-order valence-electron chi connectivity index (χ2n) is 7.91. The fourth-order valence-corrected chi connectivity index (χ4v) is 3.86. The first-order chi connectivity index (χ1) is 13.0. The predicted octanol–water partition coefficient (Wildman–Crippen LogP) is 3.42. The number of carbonyl (C=O) groups is 1. The average molecular weight is 403 g/mol. The summed E-state index contributed by atoms with van der Waals surface area (Å²) >= 11 is 0. The van der Waals surface area contributed by atoms with E-state index in [2.05, 4.69) is 5.32 Å². The second-order valence-corrected chi connectivity index (χ2v) is 9.92. The number of anilines is 1. The van der Waals surface area contributed by atoms with Crippen molar-refractivity contribution in [3.63, 3.8) is 0 Å². The van der Waals surface area contributed by atoms with Crippen LogP contribution in [0.4, 0.5) is 5.69 Å². The summed E-state index contributed by atoms with van der Waals surface area (Å²) in [4.78, 5) is 12.8. The molecular weight excluding hydrogens is 376 g/mol. The Hall–Kier alpha value is -2.54. The van der Waals surface area contributed by atoms with E-state index in [0.29, 0.717) is 17.7 Å². The molecule has 1 amide bonds. The van der Waals surface area contributed by atoms with Crippen molar-refractivity contribution < 1.29 is 17.9 Å². The molecule has 2 aromatic carbocycles. The molecular formula is C21H26N2O4S. The van der Waals surface area contributed by atoms with E-state index in [1.807, 2.05) is 39.0 Å². The van der Waals surface area contributed by atoms with E-state index in [4.69, 9.17) is 4.74 Å². The molecule has 6 nitrogen and oxygen atoms in total. The highest BCUT2D eigenvalue weighted by atomic mass is 32.2. The fraction of sp³-hybridized carbons (Fsp3) is 0.381. The van der Waals surface area contributed by atoms with Crippen LogP contribution < -0.4 is 14.4 Å². The summed E-state index contributed by atoms with van der Waals surface area (Å²) in [7, 11) is -1.86. The highest BCUT2D eigenvalue weighted by Gasteiger charge is 2.34. The van der Waals surface area contributed by atoms with Crippen LogP contribution in [0.1, 0.15) is 47.8 Å². The molecule has 0 aliphatic carbocycles. The van der Waals surface area contributed by atoms with Crippen LogP contribution >= 0.6 is 0 Å². The third-order valence-corrected chi connectivity index (χ3v) is 6.12. The molecule has 3 rings (SSSR count). The van der Waals surface area contributed by atoms with Gasteiger partial charge in [0.05, 0.1) is 18.0 Å². The summed E-state index contributed by atoms with van der Waals surface area (Å²) in [5.41, 5.74) is 2.68. The number of hydrogen-bond acceptors (Lipinski definition) is 4. The third-order valence-electron chi connectivity index (χ3n) is 4.92. The summed E-state index contributed by atoms with van der Waals surface area (Å²) in [5.74, 6) is 0.584. The Labute approximate surface area is 166 Å². The van der Waals surface area contributed by atoms with Crippen LogP contribution in [-0.4, -0.2) is 33.2 Å². The van der Waals surface area contributed by atoms with Crippen molar-refractivity contribution in [2.45, 2.75) is 38.8 Å². The number of fused-ring (bicyclic) bond motifs is 1. The molecule has 7 heteroatoms. The van der Waals surface area contributed by atoms with E-state index >= 15 is 0 Å². The molecule has 0 fully saturated rings. The number of rotatable bonds is 4. The SMILES string of the molecule is Cc1ccc2c(c1)[C@@H](NC(=O)c1ccc(N(C)S(C)(=O)=O)cc1)CC(C)(C)O2. The molecule has 0 aromatic heterocycles. The number of hydrogen-bond donors (Lipinski definition) is 1. The van der Waals surface area contributed by atoms with Gasteiger partial charge < -0.3 is 10.1 Å². The third kappa shape index (κ3) is 4.30. The van der Waals surface area contributed by atoms with Gasteiger partial charge in [-0.15, -0.1) is 0 Å². The summed E-state index contributed by atoms with van der Waals surface area (Å²) in [6, 6.07) is 12.3. The lowest BCUT2D eigenvalue weighted by Gasteiger charge is -2.38. The molecule has 1 aliphatic heterocycles. The van der Waals surface area contributed by atoms with Crippen molar-refractivity contribution in [1.82, 2.24) is 5.32 Å². The van der Waals surface area contributed by atoms with E-state index in [-0.39, 0.29) is 17.6 Å². The van der Waals surface area contributed by atoms with Gasteiger partial charge in [0, 0.05) is 24.6 Å². The molecule has 0 spiro atoms. The summed E-state index contributed by atoms with van der Waals surface area (Å²) in [6.45, 7) is 6.02. The maximum Gasteiger partial charge on any atom is 0.251 e. The van der Waals surface area contributed by atoms with Crippen LogP contribution in [0.25, 0.3) is 0 Å². The molecule has 28 heavy (non-hydrogen) atoms. The van der Waals surface area contributed by atoms with Crippen molar-refractivity contribution >= 4 is 21.6 Å². The number of ether oxygens (including phenoxy) is 1. The van der Waals surface area contributed by atoms with Gasteiger partial charge >= 0.3 is 0 Å². The first kappa shape index (κ1) is 20.2. The number of aryl methyl sites for hydroxylation is 1. The molecule has 1 atom stereocenters. The number of carbonyl (C=O) groups excluding carboxylic acids is 1. The molecule has 1 heterocycles. The smallest absolute Gasteiger partial charge is 0.251 e.